The molecule has 0 saturated carbocycles. The van der Waals surface area contributed by atoms with Gasteiger partial charge in [0.05, 0.1) is 0 Å². The third-order valence-corrected chi connectivity index (χ3v) is 77.7. The standard InChI is InChI=1S/C11H17NOS2.C6H14OS.S35/c13-9-5-1-2-6-10-14-15-11-7-3-4-8-12-11;7-5-3-1-2-4-6-8;1-3-5-7-9-11-13-15-17-19-21-23-25-27-29-31-33-35-34-32-30-28-26-24-22-20-18-16-14-12-10-8-6-4-2/h3-4,7-8,13H,1-2,5-6,9-10H2;7-8H,1-6H2;. The summed E-state index contributed by atoms with van der Waals surface area (Å²) in [7, 11) is 61.8. The third-order valence-electron chi connectivity index (χ3n) is 3.87. The molecule has 1 aromatic heterocycles. The van der Waals surface area contributed by atoms with Gasteiger partial charge in [0.25, 0.3) is 0 Å². The van der Waals surface area contributed by atoms with Crippen molar-refractivity contribution in [3.05, 3.63) is 24.4 Å². The van der Waals surface area contributed by atoms with Gasteiger partial charge in [-0.2, -0.15) is 12.6 Å². The van der Waals surface area contributed by atoms with Crippen LogP contribution < -0.4 is 0 Å². The molecule has 1 heterocycles. The molecular weight excluding hydrogens is 1470 g/mol. The van der Waals surface area contributed by atoms with Crippen LogP contribution in [0, 0.1) is 0 Å². The van der Waals surface area contributed by atoms with Gasteiger partial charge < -0.3 is 10.2 Å². The van der Waals surface area contributed by atoms with Crippen LogP contribution in [0.15, 0.2) is 29.4 Å². The number of aromatic nitrogens is 1. The van der Waals surface area contributed by atoms with Crippen LogP contribution in [0.2, 0.25) is 0 Å². The first-order chi connectivity index (χ1) is 28.8. The Balaban J connectivity index is 0. The number of hydrogen-bond donors (Lipinski definition) is 3. The summed E-state index contributed by atoms with van der Waals surface area (Å²) in [6.07, 6.45) is 10.9. The molecule has 1 rings (SSSR count). The maximum Gasteiger partial charge on any atom is 0.106 e. The highest BCUT2D eigenvalue weighted by atomic mass is 33.5. The predicted molar refractivity (Wildman–Crippen MR) is 365 cm³/mol. The van der Waals surface area contributed by atoms with Gasteiger partial charge in [-0.3, -0.25) is 0 Å². The Kier molecular flexibility index (Phi) is 78.3. The summed E-state index contributed by atoms with van der Waals surface area (Å²) in [5.74, 6) is 2.14. The van der Waals surface area contributed by atoms with Crippen molar-refractivity contribution in [2.24, 2.45) is 0 Å². The Labute approximate surface area is 459 Å². The Morgan fingerprint density at radius 1 is 0.414 bits per heavy atom. The second-order valence-corrected chi connectivity index (χ2v) is 68.6. The molecule has 0 atom stereocenters. The van der Waals surface area contributed by atoms with Crippen molar-refractivity contribution in [2.45, 2.75) is 56.4 Å². The highest BCUT2D eigenvalue weighted by Crippen LogP contribution is 2.29. The molecule has 58 heavy (non-hydrogen) atoms. The molecule has 0 unspecified atom stereocenters. The van der Waals surface area contributed by atoms with Crippen LogP contribution in [0.1, 0.15) is 51.4 Å². The number of hydrogen-bond acceptors (Lipinski definition) is 8. The minimum atomic E-state index is 0.329. The Hall–Kier alpha value is 7.82. The molecule has 0 fully saturated rings. The lowest BCUT2D eigenvalue weighted by atomic mass is 10.2. The SMILES string of the molecule is OCCCCCCS.OCCCCCCSSc1ccccn1.S=S=S=S=S=S=S=S=S=S=S=S=S=S=S=S=S=S=S=S=S=S=S=S=S=S=S=S=S=S=S=S=S=S=S. The van der Waals surface area contributed by atoms with E-state index in [0.29, 0.717) is 13.2 Å². The molecule has 41 heteroatoms. The maximum absolute atomic E-state index is 8.60. The van der Waals surface area contributed by atoms with Crippen molar-refractivity contribution in [3.8, 4) is 0 Å². The lowest BCUT2D eigenvalue weighted by molar-refractivity contribution is 0.282. The summed E-state index contributed by atoms with van der Waals surface area (Å²) in [5, 5.41) is 18.0. The zero-order valence-electron chi connectivity index (χ0n) is 28.2. The number of aliphatic hydroxyl groups excluding tert-OH is 2. The van der Waals surface area contributed by atoms with Gasteiger partial charge in [0.15, 0.2) is 0 Å². The van der Waals surface area contributed by atoms with Crippen molar-refractivity contribution < 1.29 is 10.2 Å². The van der Waals surface area contributed by atoms with Crippen LogP contribution >= 0.6 is 34.2 Å². The highest BCUT2D eigenvalue weighted by Gasteiger charge is 1.95. The van der Waals surface area contributed by atoms with Crippen molar-refractivity contribution in [1.29, 1.82) is 0 Å². The van der Waals surface area contributed by atoms with E-state index in [-0.39, 0.29) is 0 Å². The second-order valence-electron chi connectivity index (χ2n) is 7.32. The van der Waals surface area contributed by atoms with Gasteiger partial charge in [-0.15, -0.1) is 0 Å². The fourth-order valence-electron chi connectivity index (χ4n) is 2.05. The van der Waals surface area contributed by atoms with Crippen molar-refractivity contribution in [3.63, 3.8) is 0 Å². The quantitative estimate of drug-likeness (QED) is 0.150. The van der Waals surface area contributed by atoms with Gasteiger partial charge in [0, 0.05) is 341 Å². The average molecular weight is 1500 g/mol. The van der Waals surface area contributed by atoms with E-state index in [1.165, 1.54) is 43.4 Å². The van der Waals surface area contributed by atoms with E-state index in [9.17, 15) is 0 Å². The summed E-state index contributed by atoms with van der Waals surface area (Å²) in [4.78, 5) is 4.24. The van der Waals surface area contributed by atoms with Gasteiger partial charge in [-0.25, -0.2) is 4.98 Å². The largest absolute Gasteiger partial charge is 0.396 e. The first-order valence-corrected chi connectivity index (χ1v) is 62.3. The Morgan fingerprint density at radius 3 is 1.00 bits per heavy atom. The molecular formula is C17H31NO2S38. The number of aliphatic hydroxyl groups is 2. The first-order valence-electron chi connectivity index (χ1n) is 14.0. The number of thiol groups is 1. The van der Waals surface area contributed by atoms with Crippen LogP contribution in [-0.2, 0) is 315 Å². The van der Waals surface area contributed by atoms with E-state index in [4.69, 9.17) is 32.6 Å². The van der Waals surface area contributed by atoms with Crippen molar-refractivity contribution in [1.82, 2.24) is 4.98 Å². The minimum Gasteiger partial charge on any atom is -0.396 e. The Morgan fingerprint density at radius 2 is 0.724 bits per heavy atom. The summed E-state index contributed by atoms with van der Waals surface area (Å²) < 4.78 is 0. The molecule has 0 spiro atoms. The topological polar surface area (TPSA) is 53.4 Å². The third kappa shape index (κ3) is 65.9. The van der Waals surface area contributed by atoms with E-state index >= 15 is 0 Å². The molecule has 0 aliphatic heterocycles. The van der Waals surface area contributed by atoms with Crippen LogP contribution in [0.4, 0.5) is 0 Å². The fraction of sp³-hybridized carbons (Fsp3) is 0.706. The number of pyridine rings is 1. The molecule has 0 aliphatic carbocycles. The van der Waals surface area contributed by atoms with Gasteiger partial charge in [-0.05, 0) is 54.4 Å². The minimum absolute atomic E-state index is 0.329. The Bertz CT molecular complexity index is 2640. The van der Waals surface area contributed by atoms with Gasteiger partial charge in [-0.1, -0.05) is 42.5 Å². The summed E-state index contributed by atoms with van der Waals surface area (Å²) in [6.45, 7) is 0.669. The van der Waals surface area contributed by atoms with Crippen LogP contribution in [-0.4, -0.2) is 39.9 Å². The fourth-order valence-corrected chi connectivity index (χ4v) is 89.4. The monoisotopic (exact) mass is 1500 g/mol. The smallest absolute Gasteiger partial charge is 0.106 e. The number of unbranched alkanes of at least 4 members (excludes halogenated alkanes) is 6. The maximum atomic E-state index is 8.60. The van der Waals surface area contributed by atoms with Crippen molar-refractivity contribution in [2.75, 3.05) is 24.7 Å². The molecule has 0 amide bonds. The van der Waals surface area contributed by atoms with Crippen LogP contribution in [0.5, 0.6) is 0 Å². The molecule has 3 nitrogen and oxygen atoms in total. The predicted octanol–water partition coefficient (Wildman–Crippen LogP) is 4.76. The molecule has 0 saturated heterocycles. The average Bonchev–Trinajstić information content (AvgIpc) is 3.25. The molecule has 0 radical (unpaired) electrons. The molecule has 0 aliphatic rings. The summed E-state index contributed by atoms with van der Waals surface area (Å²) in [5.41, 5.74) is 0. The van der Waals surface area contributed by atoms with E-state index in [0.717, 1.165) is 42.2 Å². The first kappa shape index (κ1) is 67.9. The zero-order chi connectivity index (χ0) is 42.3. The van der Waals surface area contributed by atoms with E-state index in [2.05, 4.69) is 17.6 Å². The van der Waals surface area contributed by atoms with E-state index in [1.54, 1.807) is 117 Å². The summed E-state index contributed by atoms with van der Waals surface area (Å²) in [6, 6.07) is 5.98. The van der Waals surface area contributed by atoms with E-state index in [1.807, 2.05) is 204 Å². The summed E-state index contributed by atoms with van der Waals surface area (Å²) >= 11 is 13.7. The number of rotatable bonds is 13. The second kappa shape index (κ2) is 66.9. The molecule has 344 valence electrons. The van der Waals surface area contributed by atoms with E-state index < -0.39 is 0 Å². The van der Waals surface area contributed by atoms with Gasteiger partial charge >= 0.3 is 0 Å². The van der Waals surface area contributed by atoms with Crippen molar-refractivity contribution >= 4 is 350 Å². The van der Waals surface area contributed by atoms with Gasteiger partial charge in [0.1, 0.15) is 5.03 Å². The highest BCUT2D eigenvalue weighted by molar-refractivity contribution is 8.80. The number of nitrogens with zero attached hydrogens (tertiary/aromatic N) is 1. The molecule has 0 bridgehead atoms. The van der Waals surface area contributed by atoms with Crippen LogP contribution in [0.3, 0.4) is 0 Å². The van der Waals surface area contributed by atoms with Gasteiger partial charge in [0.2, 0.25) is 0 Å². The lowest BCUT2D eigenvalue weighted by Gasteiger charge is -2.00. The molecule has 1 aromatic rings. The molecule has 2 N–H and O–H groups in total. The van der Waals surface area contributed by atoms with Crippen LogP contribution in [0.25, 0.3) is 0 Å². The lowest BCUT2D eigenvalue weighted by Crippen LogP contribution is -1.84. The zero-order valence-corrected chi connectivity index (χ0v) is 59.3. The normalized spacial score (nSPS) is 8.67. The molecule has 0 aromatic carbocycles.